The van der Waals surface area contributed by atoms with Crippen LogP contribution in [-0.2, 0) is 0 Å². The van der Waals surface area contributed by atoms with Crippen molar-refractivity contribution < 1.29 is 0 Å². The van der Waals surface area contributed by atoms with Crippen molar-refractivity contribution in [2.75, 3.05) is 5.73 Å². The van der Waals surface area contributed by atoms with Gasteiger partial charge in [0.05, 0.1) is 0 Å². The zero-order chi connectivity index (χ0) is 13.8. The molecular weight excluding hydrogens is 248 g/mol. The van der Waals surface area contributed by atoms with E-state index in [9.17, 15) is 0 Å². The first-order chi connectivity index (χ1) is 9.81. The van der Waals surface area contributed by atoms with Gasteiger partial charge in [0, 0.05) is 11.6 Å². The van der Waals surface area contributed by atoms with Crippen molar-refractivity contribution in [1.29, 1.82) is 0 Å². The smallest absolute Gasteiger partial charge is 0.173 e. The van der Waals surface area contributed by atoms with Gasteiger partial charge in [-0.2, -0.15) is 5.10 Å². The van der Waals surface area contributed by atoms with Gasteiger partial charge in [-0.1, -0.05) is 37.5 Å². The molecule has 1 aromatic heterocycles. The zero-order valence-corrected chi connectivity index (χ0v) is 11.5. The molecule has 3 rings (SSSR count). The lowest BCUT2D eigenvalue weighted by Gasteiger charge is -2.18. The first-order valence-corrected chi connectivity index (χ1v) is 7.27. The van der Waals surface area contributed by atoms with Crippen molar-refractivity contribution in [1.82, 2.24) is 15.2 Å². The number of rotatable bonds is 3. The van der Waals surface area contributed by atoms with Crippen molar-refractivity contribution in [3.8, 4) is 0 Å². The molecule has 0 atom stereocenters. The first kappa shape index (κ1) is 12.9. The molecule has 1 heterocycles. The minimum atomic E-state index is 0.565. The van der Waals surface area contributed by atoms with Crippen molar-refractivity contribution >= 4 is 17.8 Å². The van der Waals surface area contributed by atoms with Crippen LogP contribution in [0, 0.1) is 0 Å². The number of nitrogens with two attached hydrogens (primary N) is 1. The average Bonchev–Trinajstić information content (AvgIpc) is 2.97. The maximum atomic E-state index is 5.67. The zero-order valence-electron chi connectivity index (χ0n) is 11.5. The third kappa shape index (κ3) is 3.07. The van der Waals surface area contributed by atoms with Gasteiger partial charge in [0.2, 0.25) is 0 Å². The molecule has 0 radical (unpaired) electrons. The molecule has 0 unspecified atom stereocenters. The van der Waals surface area contributed by atoms with Gasteiger partial charge in [0.1, 0.15) is 5.82 Å². The Morgan fingerprint density at radius 1 is 1.05 bits per heavy atom. The third-order valence-electron chi connectivity index (χ3n) is 3.87. The summed E-state index contributed by atoms with van der Waals surface area (Å²) in [5, 5.41) is 7.36. The molecule has 3 N–H and O–H groups in total. The van der Waals surface area contributed by atoms with Crippen LogP contribution in [0.2, 0.25) is 0 Å². The predicted octanol–water partition coefficient (Wildman–Crippen LogP) is 3.61. The second-order valence-electron chi connectivity index (χ2n) is 5.41. The van der Waals surface area contributed by atoms with Crippen LogP contribution >= 0.6 is 0 Å². The van der Waals surface area contributed by atoms with Crippen molar-refractivity contribution in [2.24, 2.45) is 0 Å². The molecule has 1 aliphatic rings. The lowest BCUT2D eigenvalue weighted by Crippen LogP contribution is -2.06. The van der Waals surface area contributed by atoms with Crippen LogP contribution in [0.15, 0.2) is 24.3 Å². The van der Waals surface area contributed by atoms with E-state index in [0.29, 0.717) is 5.92 Å². The van der Waals surface area contributed by atoms with Gasteiger partial charge in [-0.3, -0.25) is 5.10 Å². The van der Waals surface area contributed by atoms with Gasteiger partial charge in [-0.15, -0.1) is 0 Å². The molecule has 4 nitrogen and oxygen atoms in total. The van der Waals surface area contributed by atoms with Crippen LogP contribution < -0.4 is 5.73 Å². The van der Waals surface area contributed by atoms with Crippen molar-refractivity contribution in [3.05, 3.63) is 41.5 Å². The Balaban J connectivity index is 1.68. The van der Waals surface area contributed by atoms with E-state index in [4.69, 9.17) is 5.73 Å². The Hall–Kier alpha value is -2.10. The standard InChI is InChI=1S/C16H20N4/c17-14-9-6-12(7-10-14)8-11-15-18-16(20-19-15)13-4-2-1-3-5-13/h6-11,13H,1-5,17H2,(H,18,19,20)/b11-8+. The number of nitrogens with zero attached hydrogens (tertiary/aromatic N) is 2. The van der Waals surface area contributed by atoms with Gasteiger partial charge in [0.25, 0.3) is 0 Å². The van der Waals surface area contributed by atoms with Gasteiger partial charge >= 0.3 is 0 Å². The molecule has 1 saturated carbocycles. The van der Waals surface area contributed by atoms with Crippen LogP contribution in [0.3, 0.4) is 0 Å². The van der Waals surface area contributed by atoms with Gasteiger partial charge in [-0.25, -0.2) is 4.98 Å². The highest BCUT2D eigenvalue weighted by Gasteiger charge is 2.18. The molecule has 0 bridgehead atoms. The van der Waals surface area contributed by atoms with E-state index in [1.807, 2.05) is 36.4 Å². The number of aromatic amines is 1. The first-order valence-electron chi connectivity index (χ1n) is 7.27. The molecule has 0 amide bonds. The Bertz CT molecular complexity index is 577. The van der Waals surface area contributed by atoms with Crippen molar-refractivity contribution in [2.45, 2.75) is 38.0 Å². The molecular formula is C16H20N4. The van der Waals surface area contributed by atoms with Crippen LogP contribution in [0.5, 0.6) is 0 Å². The Morgan fingerprint density at radius 3 is 2.55 bits per heavy atom. The Kier molecular flexibility index (Phi) is 3.81. The molecule has 0 saturated heterocycles. The Morgan fingerprint density at radius 2 is 1.80 bits per heavy atom. The summed E-state index contributed by atoms with van der Waals surface area (Å²) in [7, 11) is 0. The number of nitrogen functional groups attached to an aromatic ring is 1. The third-order valence-corrected chi connectivity index (χ3v) is 3.87. The molecule has 4 heteroatoms. The topological polar surface area (TPSA) is 67.6 Å². The maximum Gasteiger partial charge on any atom is 0.173 e. The summed E-state index contributed by atoms with van der Waals surface area (Å²) in [6.45, 7) is 0. The molecule has 1 aliphatic carbocycles. The fraction of sp³-hybridized carbons (Fsp3) is 0.375. The van der Waals surface area contributed by atoms with E-state index in [1.165, 1.54) is 32.1 Å². The van der Waals surface area contributed by atoms with E-state index in [2.05, 4.69) is 15.2 Å². The molecule has 1 fully saturated rings. The second kappa shape index (κ2) is 5.90. The van der Waals surface area contributed by atoms with Gasteiger partial charge in [0.15, 0.2) is 5.82 Å². The summed E-state index contributed by atoms with van der Waals surface area (Å²) in [5.41, 5.74) is 7.54. The second-order valence-corrected chi connectivity index (χ2v) is 5.41. The maximum absolute atomic E-state index is 5.67. The van der Waals surface area contributed by atoms with Crippen LogP contribution in [0.1, 0.15) is 55.2 Å². The normalized spacial score (nSPS) is 16.8. The molecule has 104 valence electrons. The number of nitrogens with one attached hydrogen (secondary N) is 1. The minimum Gasteiger partial charge on any atom is -0.399 e. The van der Waals surface area contributed by atoms with E-state index in [0.717, 1.165) is 22.9 Å². The lowest BCUT2D eigenvalue weighted by atomic mass is 9.89. The molecule has 0 aliphatic heterocycles. The van der Waals surface area contributed by atoms with E-state index in [-0.39, 0.29) is 0 Å². The summed E-state index contributed by atoms with van der Waals surface area (Å²) in [6.07, 6.45) is 10.4. The number of anilines is 1. The van der Waals surface area contributed by atoms with Crippen molar-refractivity contribution in [3.63, 3.8) is 0 Å². The number of aromatic nitrogens is 3. The summed E-state index contributed by atoms with van der Waals surface area (Å²) in [4.78, 5) is 4.59. The molecule has 1 aromatic carbocycles. The number of benzene rings is 1. The van der Waals surface area contributed by atoms with Crippen LogP contribution in [0.25, 0.3) is 12.2 Å². The monoisotopic (exact) mass is 268 g/mol. The van der Waals surface area contributed by atoms with Gasteiger partial charge < -0.3 is 5.73 Å². The quantitative estimate of drug-likeness (QED) is 0.836. The molecule has 20 heavy (non-hydrogen) atoms. The van der Waals surface area contributed by atoms with Crippen LogP contribution in [-0.4, -0.2) is 15.2 Å². The summed E-state index contributed by atoms with van der Waals surface area (Å²) in [6, 6.07) is 7.76. The minimum absolute atomic E-state index is 0.565. The fourth-order valence-corrected chi connectivity index (χ4v) is 2.70. The number of H-pyrrole nitrogens is 1. The molecule has 0 spiro atoms. The highest BCUT2D eigenvalue weighted by Crippen LogP contribution is 2.30. The highest BCUT2D eigenvalue weighted by atomic mass is 15.2. The summed E-state index contributed by atoms with van der Waals surface area (Å²) >= 11 is 0. The SMILES string of the molecule is Nc1ccc(/C=C/c2n[nH]c(C3CCCCC3)n2)cc1. The molecule has 2 aromatic rings. The largest absolute Gasteiger partial charge is 0.399 e. The lowest BCUT2D eigenvalue weighted by molar-refractivity contribution is 0.429. The van der Waals surface area contributed by atoms with E-state index in [1.54, 1.807) is 0 Å². The van der Waals surface area contributed by atoms with E-state index < -0.39 is 0 Å². The number of hydrogen-bond donors (Lipinski definition) is 2. The highest BCUT2D eigenvalue weighted by molar-refractivity contribution is 5.67. The van der Waals surface area contributed by atoms with Crippen LogP contribution in [0.4, 0.5) is 5.69 Å². The number of hydrogen-bond acceptors (Lipinski definition) is 3. The van der Waals surface area contributed by atoms with Gasteiger partial charge in [-0.05, 0) is 36.6 Å². The van der Waals surface area contributed by atoms with E-state index >= 15 is 0 Å². The predicted molar refractivity (Wildman–Crippen MR) is 82.0 cm³/mol. The average molecular weight is 268 g/mol. The summed E-state index contributed by atoms with van der Waals surface area (Å²) in [5.74, 6) is 2.36. The fourth-order valence-electron chi connectivity index (χ4n) is 2.70. The Labute approximate surface area is 119 Å². The summed E-state index contributed by atoms with van der Waals surface area (Å²) < 4.78 is 0.